The zero-order valence-electron chi connectivity index (χ0n) is 9.56. The fourth-order valence-electron chi connectivity index (χ4n) is 1.82. The topological polar surface area (TPSA) is 0 Å². The molecule has 1 aromatic rings. The molecule has 1 aromatic carbocycles. The molecule has 1 unspecified atom stereocenters. The minimum Gasteiger partial charge on any atom is -0.0843 e. The van der Waals surface area contributed by atoms with Crippen LogP contribution >= 0.6 is 23.2 Å². The molecule has 0 N–H and O–H groups in total. The summed E-state index contributed by atoms with van der Waals surface area (Å²) in [5.74, 6) is 1.39. The van der Waals surface area contributed by atoms with E-state index in [4.69, 9.17) is 23.2 Å². The summed E-state index contributed by atoms with van der Waals surface area (Å²) in [6.45, 7) is 6.75. The third-order valence-corrected chi connectivity index (χ3v) is 3.55. The van der Waals surface area contributed by atoms with Crippen LogP contribution in [0.25, 0.3) is 0 Å². The fraction of sp³-hybridized carbons (Fsp3) is 0.538. The monoisotopic (exact) mass is 244 g/mol. The lowest BCUT2D eigenvalue weighted by Crippen LogP contribution is -2.10. The highest BCUT2D eigenvalue weighted by Crippen LogP contribution is 2.27. The average molecular weight is 245 g/mol. The molecule has 0 saturated carbocycles. The molecule has 0 aromatic heterocycles. The molecule has 0 aliphatic rings. The van der Waals surface area contributed by atoms with Gasteiger partial charge in [-0.15, -0.1) is 0 Å². The summed E-state index contributed by atoms with van der Waals surface area (Å²) in [7, 11) is 0. The van der Waals surface area contributed by atoms with Crippen LogP contribution in [-0.4, -0.2) is 0 Å². The lowest BCUT2D eigenvalue weighted by atomic mass is 9.87. The van der Waals surface area contributed by atoms with Crippen LogP contribution < -0.4 is 0 Å². The molecule has 84 valence electrons. The summed E-state index contributed by atoms with van der Waals surface area (Å²) in [5, 5.41) is 1.50. The average Bonchev–Trinajstić information content (AvgIpc) is 2.16. The highest BCUT2D eigenvalue weighted by Gasteiger charge is 2.13. The Kier molecular flexibility index (Phi) is 4.95. The second-order valence-corrected chi connectivity index (χ2v) is 5.20. The van der Waals surface area contributed by atoms with Crippen LogP contribution in [0.2, 0.25) is 10.0 Å². The van der Waals surface area contributed by atoms with Crippen molar-refractivity contribution >= 4 is 23.2 Å². The van der Waals surface area contributed by atoms with Gasteiger partial charge in [0.1, 0.15) is 0 Å². The zero-order chi connectivity index (χ0) is 11.4. The molecule has 0 nitrogen and oxygen atoms in total. The molecule has 0 spiro atoms. The number of benzene rings is 1. The molecular weight excluding hydrogens is 227 g/mol. The predicted molar refractivity (Wildman–Crippen MR) is 68.8 cm³/mol. The Hall–Kier alpha value is -0.200. The van der Waals surface area contributed by atoms with Crippen molar-refractivity contribution in [2.75, 3.05) is 0 Å². The van der Waals surface area contributed by atoms with Crippen molar-refractivity contribution < 1.29 is 0 Å². The molecule has 1 atom stereocenters. The second kappa shape index (κ2) is 5.77. The molecule has 15 heavy (non-hydrogen) atoms. The Bertz CT molecular complexity index is 318. The SMILES string of the molecule is CCC(Cc1ccc(Cl)cc1Cl)C(C)C. The quantitative estimate of drug-likeness (QED) is 0.682. The number of hydrogen-bond donors (Lipinski definition) is 0. The van der Waals surface area contributed by atoms with E-state index in [0.29, 0.717) is 16.9 Å². The molecule has 0 radical (unpaired) electrons. The van der Waals surface area contributed by atoms with Crippen LogP contribution in [0.5, 0.6) is 0 Å². The van der Waals surface area contributed by atoms with Crippen molar-refractivity contribution in [3.05, 3.63) is 33.8 Å². The predicted octanol–water partition coefficient (Wildman–Crippen LogP) is 5.22. The van der Waals surface area contributed by atoms with Crippen molar-refractivity contribution in [1.29, 1.82) is 0 Å². The Morgan fingerprint density at radius 1 is 1.20 bits per heavy atom. The number of rotatable bonds is 4. The summed E-state index contributed by atoms with van der Waals surface area (Å²) in [6.07, 6.45) is 2.24. The van der Waals surface area contributed by atoms with Crippen LogP contribution in [0.15, 0.2) is 18.2 Å². The van der Waals surface area contributed by atoms with E-state index in [9.17, 15) is 0 Å². The first-order valence-electron chi connectivity index (χ1n) is 5.48. The normalized spacial score (nSPS) is 13.2. The van der Waals surface area contributed by atoms with Crippen LogP contribution in [0.3, 0.4) is 0 Å². The standard InChI is InChI=1S/C13H18Cl2/c1-4-10(9(2)3)7-11-5-6-12(14)8-13(11)15/h5-6,8-10H,4,7H2,1-3H3. The highest BCUT2D eigenvalue weighted by atomic mass is 35.5. The maximum Gasteiger partial charge on any atom is 0.0452 e. The maximum atomic E-state index is 6.15. The Labute approximate surface area is 103 Å². The minimum atomic E-state index is 0.696. The minimum absolute atomic E-state index is 0.696. The third-order valence-electron chi connectivity index (χ3n) is 2.96. The summed E-state index contributed by atoms with van der Waals surface area (Å²) in [6, 6.07) is 5.77. The van der Waals surface area contributed by atoms with Crippen LogP contribution in [0.1, 0.15) is 32.8 Å². The van der Waals surface area contributed by atoms with Gasteiger partial charge in [0.25, 0.3) is 0 Å². The Morgan fingerprint density at radius 3 is 2.33 bits per heavy atom. The van der Waals surface area contributed by atoms with Crippen LogP contribution in [0, 0.1) is 11.8 Å². The van der Waals surface area contributed by atoms with Gasteiger partial charge in [0.2, 0.25) is 0 Å². The van der Waals surface area contributed by atoms with E-state index in [2.05, 4.69) is 20.8 Å². The zero-order valence-corrected chi connectivity index (χ0v) is 11.1. The molecule has 0 heterocycles. The maximum absolute atomic E-state index is 6.15. The van der Waals surface area contributed by atoms with Gasteiger partial charge in [-0.25, -0.2) is 0 Å². The molecule has 0 saturated heterocycles. The molecule has 0 bridgehead atoms. The summed E-state index contributed by atoms with van der Waals surface area (Å²) in [5.41, 5.74) is 1.21. The third kappa shape index (κ3) is 3.70. The molecule has 1 rings (SSSR count). The smallest absolute Gasteiger partial charge is 0.0452 e. The Balaban J connectivity index is 2.79. The first-order chi connectivity index (χ1) is 7.04. The second-order valence-electron chi connectivity index (χ2n) is 4.35. The molecule has 0 aliphatic carbocycles. The van der Waals surface area contributed by atoms with Gasteiger partial charge in [-0.2, -0.15) is 0 Å². The summed E-state index contributed by atoms with van der Waals surface area (Å²) >= 11 is 12.0. The first kappa shape index (κ1) is 12.9. The summed E-state index contributed by atoms with van der Waals surface area (Å²) in [4.78, 5) is 0. The highest BCUT2D eigenvalue weighted by molar-refractivity contribution is 6.35. The number of hydrogen-bond acceptors (Lipinski definition) is 0. The lowest BCUT2D eigenvalue weighted by Gasteiger charge is -2.19. The van der Waals surface area contributed by atoms with Gasteiger partial charge in [-0.1, -0.05) is 56.5 Å². The van der Waals surface area contributed by atoms with E-state index >= 15 is 0 Å². The Morgan fingerprint density at radius 2 is 1.87 bits per heavy atom. The molecule has 0 fully saturated rings. The molecule has 0 amide bonds. The van der Waals surface area contributed by atoms with Gasteiger partial charge in [0, 0.05) is 10.0 Å². The van der Waals surface area contributed by atoms with E-state index < -0.39 is 0 Å². The van der Waals surface area contributed by atoms with Crippen LogP contribution in [-0.2, 0) is 6.42 Å². The van der Waals surface area contributed by atoms with E-state index in [-0.39, 0.29) is 0 Å². The van der Waals surface area contributed by atoms with Crippen molar-refractivity contribution in [2.24, 2.45) is 11.8 Å². The van der Waals surface area contributed by atoms with Gasteiger partial charge < -0.3 is 0 Å². The molecule has 2 heteroatoms. The number of halogens is 2. The van der Waals surface area contributed by atoms with Gasteiger partial charge in [0.05, 0.1) is 0 Å². The fourth-order valence-corrected chi connectivity index (χ4v) is 2.31. The van der Waals surface area contributed by atoms with Gasteiger partial charge >= 0.3 is 0 Å². The van der Waals surface area contributed by atoms with E-state index in [1.807, 2.05) is 18.2 Å². The van der Waals surface area contributed by atoms with E-state index in [1.165, 1.54) is 12.0 Å². The molecular formula is C13H18Cl2. The summed E-state index contributed by atoms with van der Waals surface area (Å²) < 4.78 is 0. The van der Waals surface area contributed by atoms with Gasteiger partial charge in [0.15, 0.2) is 0 Å². The van der Waals surface area contributed by atoms with Gasteiger partial charge in [-0.3, -0.25) is 0 Å². The van der Waals surface area contributed by atoms with Crippen molar-refractivity contribution in [3.8, 4) is 0 Å². The van der Waals surface area contributed by atoms with Crippen molar-refractivity contribution in [1.82, 2.24) is 0 Å². The largest absolute Gasteiger partial charge is 0.0843 e. The van der Waals surface area contributed by atoms with Crippen molar-refractivity contribution in [3.63, 3.8) is 0 Å². The molecule has 0 aliphatic heterocycles. The van der Waals surface area contributed by atoms with E-state index in [1.54, 1.807) is 0 Å². The van der Waals surface area contributed by atoms with Gasteiger partial charge in [-0.05, 0) is 36.0 Å². The lowest BCUT2D eigenvalue weighted by molar-refractivity contribution is 0.371. The van der Waals surface area contributed by atoms with E-state index in [0.717, 1.165) is 11.4 Å². The van der Waals surface area contributed by atoms with Crippen LogP contribution in [0.4, 0.5) is 0 Å². The first-order valence-corrected chi connectivity index (χ1v) is 6.24. The van der Waals surface area contributed by atoms with Crippen molar-refractivity contribution in [2.45, 2.75) is 33.6 Å².